The Balaban J connectivity index is 1.71. The number of hydrogen-bond acceptors (Lipinski definition) is 4. The zero-order valence-corrected chi connectivity index (χ0v) is 14.7. The minimum absolute atomic E-state index is 0.0925. The summed E-state index contributed by atoms with van der Waals surface area (Å²) < 4.78 is 5.41. The summed E-state index contributed by atoms with van der Waals surface area (Å²) in [5.74, 6) is 0.255. The van der Waals surface area contributed by atoms with Crippen LogP contribution in [0.2, 0.25) is 0 Å². The van der Waals surface area contributed by atoms with Crippen LogP contribution in [0.25, 0.3) is 10.9 Å². The van der Waals surface area contributed by atoms with Crippen molar-refractivity contribution in [1.82, 2.24) is 9.88 Å². The Bertz CT molecular complexity index is 798. The normalized spacial score (nSPS) is 16.2. The Morgan fingerprint density at radius 3 is 2.60 bits per heavy atom. The van der Waals surface area contributed by atoms with Crippen LogP contribution in [-0.2, 0) is 4.74 Å². The molecule has 1 aromatic heterocycles. The molecular formula is C18H23N3O4. The van der Waals surface area contributed by atoms with Crippen molar-refractivity contribution < 1.29 is 14.5 Å². The number of aromatic nitrogens is 1. The van der Waals surface area contributed by atoms with E-state index >= 15 is 0 Å². The number of aromatic amines is 1. The summed E-state index contributed by atoms with van der Waals surface area (Å²) >= 11 is 0. The first kappa shape index (κ1) is 17.3. The number of nitrogens with zero attached hydrogens (tertiary/aromatic N) is 2. The standard InChI is InChI=1S/C18H23N3O4/c1-18(2,3)25-17(22)20-9-7-12(8-10-20)14-11-13-5-4-6-15(21(23)24)16(13)19-14/h4-6,11-12,19H,7-10H2,1-3H3. The second kappa shape index (κ2) is 6.38. The van der Waals surface area contributed by atoms with E-state index in [0.717, 1.165) is 23.9 Å². The highest BCUT2D eigenvalue weighted by Gasteiger charge is 2.28. The molecule has 0 atom stereocenters. The van der Waals surface area contributed by atoms with E-state index in [1.54, 1.807) is 11.0 Å². The van der Waals surface area contributed by atoms with Crippen molar-refractivity contribution in [3.63, 3.8) is 0 Å². The number of carbonyl (C=O) groups is 1. The molecule has 25 heavy (non-hydrogen) atoms. The summed E-state index contributed by atoms with van der Waals surface area (Å²) in [6.07, 6.45) is 1.33. The molecule has 1 aromatic carbocycles. The number of nitro benzene ring substituents is 1. The first-order valence-electron chi connectivity index (χ1n) is 8.48. The fraction of sp³-hybridized carbons (Fsp3) is 0.500. The van der Waals surface area contributed by atoms with Crippen molar-refractivity contribution in [2.45, 2.75) is 45.1 Å². The number of hydrogen-bond donors (Lipinski definition) is 1. The molecule has 2 aromatic rings. The lowest BCUT2D eigenvalue weighted by Crippen LogP contribution is -2.41. The molecular weight excluding hydrogens is 322 g/mol. The zero-order chi connectivity index (χ0) is 18.2. The SMILES string of the molecule is CC(C)(C)OC(=O)N1CCC(c2cc3cccc([N+](=O)[O-])c3[nH]2)CC1. The van der Waals surface area contributed by atoms with E-state index in [-0.39, 0.29) is 22.6 Å². The van der Waals surface area contributed by atoms with Crippen molar-refractivity contribution in [3.8, 4) is 0 Å². The maximum Gasteiger partial charge on any atom is 0.410 e. The van der Waals surface area contributed by atoms with E-state index in [0.29, 0.717) is 18.6 Å². The molecule has 0 bridgehead atoms. The van der Waals surface area contributed by atoms with Crippen molar-refractivity contribution in [2.75, 3.05) is 13.1 Å². The molecule has 2 heterocycles. The number of carbonyl (C=O) groups excluding carboxylic acids is 1. The van der Waals surface area contributed by atoms with Gasteiger partial charge in [-0.05, 0) is 39.7 Å². The van der Waals surface area contributed by atoms with Crippen LogP contribution in [0.3, 0.4) is 0 Å². The molecule has 7 heteroatoms. The molecule has 7 nitrogen and oxygen atoms in total. The average Bonchev–Trinajstić information content (AvgIpc) is 2.97. The third-order valence-electron chi connectivity index (χ3n) is 4.44. The molecule has 3 rings (SSSR count). The van der Waals surface area contributed by atoms with Crippen LogP contribution in [0.5, 0.6) is 0 Å². The quantitative estimate of drug-likeness (QED) is 0.653. The highest BCUT2D eigenvalue weighted by molar-refractivity contribution is 5.88. The lowest BCUT2D eigenvalue weighted by Gasteiger charge is -2.33. The second-order valence-electron chi connectivity index (χ2n) is 7.46. The predicted molar refractivity (Wildman–Crippen MR) is 94.7 cm³/mol. The number of benzene rings is 1. The van der Waals surface area contributed by atoms with Gasteiger partial charge in [0.1, 0.15) is 11.1 Å². The maximum atomic E-state index is 12.1. The molecule has 0 spiro atoms. The average molecular weight is 345 g/mol. The van der Waals surface area contributed by atoms with Crippen LogP contribution < -0.4 is 0 Å². The van der Waals surface area contributed by atoms with Gasteiger partial charge in [0.25, 0.3) is 5.69 Å². The van der Waals surface area contributed by atoms with Gasteiger partial charge in [0, 0.05) is 36.2 Å². The van der Waals surface area contributed by atoms with Crippen LogP contribution in [0, 0.1) is 10.1 Å². The number of nitrogens with one attached hydrogen (secondary N) is 1. The number of nitro groups is 1. The summed E-state index contributed by atoms with van der Waals surface area (Å²) in [5.41, 5.74) is 1.16. The van der Waals surface area contributed by atoms with Gasteiger partial charge < -0.3 is 14.6 Å². The van der Waals surface area contributed by atoms with E-state index in [2.05, 4.69) is 4.98 Å². The maximum absolute atomic E-state index is 12.1. The fourth-order valence-corrected chi connectivity index (χ4v) is 3.23. The zero-order valence-electron chi connectivity index (χ0n) is 14.7. The summed E-state index contributed by atoms with van der Waals surface area (Å²) in [4.78, 5) is 27.9. The fourth-order valence-electron chi connectivity index (χ4n) is 3.23. The Morgan fingerprint density at radius 1 is 1.32 bits per heavy atom. The van der Waals surface area contributed by atoms with Crippen molar-refractivity contribution in [1.29, 1.82) is 0 Å². The third-order valence-corrected chi connectivity index (χ3v) is 4.44. The lowest BCUT2D eigenvalue weighted by molar-refractivity contribution is -0.383. The minimum atomic E-state index is -0.496. The van der Waals surface area contributed by atoms with Crippen LogP contribution >= 0.6 is 0 Å². The van der Waals surface area contributed by atoms with Gasteiger partial charge in [-0.2, -0.15) is 0 Å². The molecule has 0 unspecified atom stereocenters. The Kier molecular flexibility index (Phi) is 4.41. The Hall–Kier alpha value is -2.57. The Labute approximate surface area is 146 Å². The van der Waals surface area contributed by atoms with Gasteiger partial charge in [-0.3, -0.25) is 10.1 Å². The number of H-pyrrole nitrogens is 1. The van der Waals surface area contributed by atoms with Gasteiger partial charge in [-0.1, -0.05) is 12.1 Å². The smallest absolute Gasteiger partial charge is 0.410 e. The van der Waals surface area contributed by atoms with Crippen LogP contribution in [-0.4, -0.2) is 39.6 Å². The number of para-hydroxylation sites is 1. The lowest BCUT2D eigenvalue weighted by atomic mass is 9.94. The van der Waals surface area contributed by atoms with Gasteiger partial charge >= 0.3 is 6.09 Å². The molecule has 0 saturated carbocycles. The number of fused-ring (bicyclic) bond motifs is 1. The van der Waals surface area contributed by atoms with Crippen LogP contribution in [0.1, 0.15) is 45.2 Å². The molecule has 0 radical (unpaired) electrons. The van der Waals surface area contributed by atoms with Crippen LogP contribution in [0.15, 0.2) is 24.3 Å². The summed E-state index contributed by atoms with van der Waals surface area (Å²) in [6, 6.07) is 7.06. The summed E-state index contributed by atoms with van der Waals surface area (Å²) in [6.45, 7) is 6.81. The van der Waals surface area contributed by atoms with Gasteiger partial charge in [-0.15, -0.1) is 0 Å². The number of ether oxygens (including phenoxy) is 1. The van der Waals surface area contributed by atoms with Gasteiger partial charge in [-0.25, -0.2) is 4.79 Å². The molecule has 0 aliphatic carbocycles. The number of non-ortho nitro benzene ring substituents is 1. The van der Waals surface area contributed by atoms with E-state index in [1.165, 1.54) is 6.07 Å². The van der Waals surface area contributed by atoms with E-state index in [9.17, 15) is 14.9 Å². The predicted octanol–water partition coefficient (Wildman–Crippen LogP) is 4.19. The Morgan fingerprint density at radius 2 is 2.00 bits per heavy atom. The molecule has 1 aliphatic heterocycles. The van der Waals surface area contributed by atoms with E-state index in [1.807, 2.05) is 32.9 Å². The van der Waals surface area contributed by atoms with E-state index in [4.69, 9.17) is 4.74 Å². The van der Waals surface area contributed by atoms with Crippen LogP contribution in [0.4, 0.5) is 10.5 Å². The number of piperidine rings is 1. The first-order valence-corrected chi connectivity index (χ1v) is 8.48. The van der Waals surface area contributed by atoms with Gasteiger partial charge in [0.05, 0.1) is 4.92 Å². The topological polar surface area (TPSA) is 88.5 Å². The van der Waals surface area contributed by atoms with Gasteiger partial charge in [0.15, 0.2) is 0 Å². The first-order chi connectivity index (χ1) is 11.7. The largest absolute Gasteiger partial charge is 0.444 e. The molecule has 1 amide bonds. The minimum Gasteiger partial charge on any atom is -0.444 e. The summed E-state index contributed by atoms with van der Waals surface area (Å²) in [5, 5.41) is 12.0. The highest BCUT2D eigenvalue weighted by Crippen LogP contribution is 2.33. The van der Waals surface area contributed by atoms with E-state index < -0.39 is 5.60 Å². The molecule has 1 N–H and O–H groups in total. The molecule has 1 fully saturated rings. The van der Waals surface area contributed by atoms with Crippen molar-refractivity contribution >= 4 is 22.7 Å². The van der Waals surface area contributed by atoms with Crippen molar-refractivity contribution in [3.05, 3.63) is 40.1 Å². The second-order valence-corrected chi connectivity index (χ2v) is 7.46. The molecule has 1 aliphatic rings. The number of rotatable bonds is 2. The highest BCUT2D eigenvalue weighted by atomic mass is 16.6. The summed E-state index contributed by atoms with van der Waals surface area (Å²) in [7, 11) is 0. The van der Waals surface area contributed by atoms with Crippen molar-refractivity contribution in [2.24, 2.45) is 0 Å². The number of amides is 1. The number of likely N-dealkylation sites (tertiary alicyclic amines) is 1. The van der Waals surface area contributed by atoms with Gasteiger partial charge in [0.2, 0.25) is 0 Å². The third kappa shape index (κ3) is 3.75. The monoisotopic (exact) mass is 345 g/mol. The molecule has 1 saturated heterocycles. The molecule has 134 valence electrons.